The number of hydrogen-bond acceptors (Lipinski definition) is 1. The van der Waals surface area contributed by atoms with Crippen LogP contribution < -0.4 is 5.32 Å². The average Bonchev–Trinajstić information content (AvgIpc) is 2.28. The van der Waals surface area contributed by atoms with Crippen LogP contribution >= 0.6 is 0 Å². The highest BCUT2D eigenvalue weighted by molar-refractivity contribution is 5.87. The summed E-state index contributed by atoms with van der Waals surface area (Å²) >= 11 is 0. The molecular weight excluding hydrogens is 243 g/mol. The molecule has 18 heavy (non-hydrogen) atoms. The second kappa shape index (κ2) is 5.00. The number of rotatable bonds is 3. The summed E-state index contributed by atoms with van der Waals surface area (Å²) in [7, 11) is 0. The number of likely N-dealkylation sites (N-methyl/N-ethyl adjacent to an activating group) is 1. The van der Waals surface area contributed by atoms with Crippen LogP contribution in [0.25, 0.3) is 0 Å². The zero-order valence-corrected chi connectivity index (χ0v) is 10.6. The van der Waals surface area contributed by atoms with Crippen LogP contribution in [0.15, 0.2) is 24.3 Å². The van der Waals surface area contributed by atoms with Crippen molar-refractivity contribution in [2.24, 2.45) is 0 Å². The summed E-state index contributed by atoms with van der Waals surface area (Å²) in [6.07, 6.45) is -4.35. The molecule has 0 atom stereocenters. The second-order valence-corrected chi connectivity index (χ2v) is 4.56. The van der Waals surface area contributed by atoms with Gasteiger partial charge in [-0.3, -0.25) is 4.79 Å². The van der Waals surface area contributed by atoms with Gasteiger partial charge >= 0.3 is 6.18 Å². The highest BCUT2D eigenvalue weighted by Crippen LogP contribution is 2.31. The van der Waals surface area contributed by atoms with Gasteiger partial charge in [0.2, 0.25) is 5.91 Å². The fourth-order valence-corrected chi connectivity index (χ4v) is 1.59. The highest BCUT2D eigenvalue weighted by Gasteiger charge is 2.33. The lowest BCUT2D eigenvalue weighted by Gasteiger charge is -2.24. The fourth-order valence-electron chi connectivity index (χ4n) is 1.59. The van der Waals surface area contributed by atoms with Crippen molar-refractivity contribution >= 4 is 5.91 Å². The molecule has 1 N–H and O–H groups in total. The normalized spacial score (nSPS) is 12.3. The SMILES string of the molecule is CCNC(=O)C(C)(C)c1ccc(C(F)(F)F)cc1. The molecule has 1 aromatic rings. The van der Waals surface area contributed by atoms with Gasteiger partial charge in [0.25, 0.3) is 0 Å². The summed E-state index contributed by atoms with van der Waals surface area (Å²) in [6, 6.07) is 4.68. The van der Waals surface area contributed by atoms with Gasteiger partial charge < -0.3 is 5.32 Å². The van der Waals surface area contributed by atoms with E-state index < -0.39 is 17.2 Å². The van der Waals surface area contributed by atoms with Crippen LogP contribution in [-0.2, 0) is 16.4 Å². The Hall–Kier alpha value is -1.52. The molecule has 0 bridgehead atoms. The molecule has 100 valence electrons. The number of amides is 1. The lowest BCUT2D eigenvalue weighted by molar-refractivity contribution is -0.137. The van der Waals surface area contributed by atoms with Crippen molar-refractivity contribution in [3.8, 4) is 0 Å². The molecule has 0 spiro atoms. The maximum atomic E-state index is 12.4. The smallest absolute Gasteiger partial charge is 0.356 e. The molecule has 0 fully saturated rings. The van der Waals surface area contributed by atoms with E-state index in [4.69, 9.17) is 0 Å². The third kappa shape index (κ3) is 3.03. The molecule has 1 amide bonds. The number of benzene rings is 1. The summed E-state index contributed by atoms with van der Waals surface area (Å²) in [5.74, 6) is -0.204. The minimum atomic E-state index is -4.35. The van der Waals surface area contributed by atoms with Crippen molar-refractivity contribution < 1.29 is 18.0 Å². The molecular formula is C13H16F3NO. The third-order valence-electron chi connectivity index (χ3n) is 2.84. The zero-order chi connectivity index (χ0) is 14.0. The van der Waals surface area contributed by atoms with Crippen molar-refractivity contribution in [1.82, 2.24) is 5.32 Å². The van der Waals surface area contributed by atoms with Crippen molar-refractivity contribution in [3.63, 3.8) is 0 Å². The van der Waals surface area contributed by atoms with Crippen molar-refractivity contribution in [2.45, 2.75) is 32.4 Å². The molecule has 0 saturated carbocycles. The molecule has 1 aromatic carbocycles. The molecule has 0 saturated heterocycles. The Morgan fingerprint density at radius 2 is 1.56 bits per heavy atom. The minimum Gasteiger partial charge on any atom is -0.356 e. The topological polar surface area (TPSA) is 29.1 Å². The Morgan fingerprint density at radius 1 is 1.11 bits per heavy atom. The molecule has 0 aliphatic heterocycles. The van der Waals surface area contributed by atoms with Crippen molar-refractivity contribution in [3.05, 3.63) is 35.4 Å². The first-order valence-corrected chi connectivity index (χ1v) is 5.65. The lowest BCUT2D eigenvalue weighted by Crippen LogP contribution is -2.39. The number of nitrogens with one attached hydrogen (secondary N) is 1. The molecule has 0 aliphatic rings. The van der Waals surface area contributed by atoms with Gasteiger partial charge in [0.15, 0.2) is 0 Å². The summed E-state index contributed by atoms with van der Waals surface area (Å²) in [6.45, 7) is 5.64. The first-order chi connectivity index (χ1) is 8.19. The monoisotopic (exact) mass is 259 g/mol. The summed E-state index contributed by atoms with van der Waals surface area (Å²) in [5.41, 5.74) is -1.00. The Labute approximate surface area is 104 Å². The van der Waals surface area contributed by atoms with E-state index in [1.807, 2.05) is 0 Å². The molecule has 2 nitrogen and oxygen atoms in total. The third-order valence-corrected chi connectivity index (χ3v) is 2.84. The molecule has 0 unspecified atom stereocenters. The Bertz CT molecular complexity index is 421. The van der Waals surface area contributed by atoms with Crippen LogP contribution in [0.3, 0.4) is 0 Å². The summed E-state index contributed by atoms with van der Waals surface area (Å²) in [5, 5.41) is 2.67. The van der Waals surface area contributed by atoms with E-state index in [-0.39, 0.29) is 5.91 Å². The largest absolute Gasteiger partial charge is 0.416 e. The van der Waals surface area contributed by atoms with Gasteiger partial charge in [0.1, 0.15) is 0 Å². The van der Waals surface area contributed by atoms with Gasteiger partial charge in [-0.05, 0) is 38.5 Å². The van der Waals surface area contributed by atoms with Gasteiger partial charge in [0, 0.05) is 6.54 Å². The maximum absolute atomic E-state index is 12.4. The fraction of sp³-hybridized carbons (Fsp3) is 0.462. The van der Waals surface area contributed by atoms with E-state index in [9.17, 15) is 18.0 Å². The highest BCUT2D eigenvalue weighted by atomic mass is 19.4. The quantitative estimate of drug-likeness (QED) is 0.887. The average molecular weight is 259 g/mol. The number of hydrogen-bond donors (Lipinski definition) is 1. The van der Waals surface area contributed by atoms with E-state index in [1.54, 1.807) is 20.8 Å². The van der Waals surface area contributed by atoms with Crippen LogP contribution in [-0.4, -0.2) is 12.5 Å². The Morgan fingerprint density at radius 3 is 1.94 bits per heavy atom. The number of carbonyl (C=O) groups is 1. The van der Waals surface area contributed by atoms with Crippen LogP contribution in [0.1, 0.15) is 31.9 Å². The molecule has 0 heterocycles. The van der Waals surface area contributed by atoms with E-state index >= 15 is 0 Å². The predicted molar refractivity (Wildman–Crippen MR) is 63.2 cm³/mol. The Kier molecular flexibility index (Phi) is 4.04. The number of alkyl halides is 3. The summed E-state index contributed by atoms with van der Waals surface area (Å²) in [4.78, 5) is 11.8. The number of halogens is 3. The number of carbonyl (C=O) groups excluding carboxylic acids is 1. The second-order valence-electron chi connectivity index (χ2n) is 4.56. The first kappa shape index (κ1) is 14.5. The van der Waals surface area contributed by atoms with E-state index in [0.29, 0.717) is 12.1 Å². The van der Waals surface area contributed by atoms with Gasteiger partial charge in [-0.25, -0.2) is 0 Å². The van der Waals surface area contributed by atoms with Crippen LogP contribution in [0, 0.1) is 0 Å². The van der Waals surface area contributed by atoms with E-state index in [1.165, 1.54) is 12.1 Å². The molecule has 0 aliphatic carbocycles. The minimum absolute atomic E-state index is 0.204. The summed E-state index contributed by atoms with van der Waals surface area (Å²) < 4.78 is 37.2. The molecule has 1 rings (SSSR count). The zero-order valence-electron chi connectivity index (χ0n) is 10.6. The molecule has 0 aromatic heterocycles. The molecule has 5 heteroatoms. The first-order valence-electron chi connectivity index (χ1n) is 5.65. The van der Waals surface area contributed by atoms with Crippen molar-refractivity contribution in [2.75, 3.05) is 6.54 Å². The predicted octanol–water partition coefficient (Wildman–Crippen LogP) is 3.12. The van der Waals surface area contributed by atoms with Gasteiger partial charge in [-0.2, -0.15) is 13.2 Å². The van der Waals surface area contributed by atoms with Crippen LogP contribution in [0.2, 0.25) is 0 Å². The maximum Gasteiger partial charge on any atom is 0.416 e. The van der Waals surface area contributed by atoms with Gasteiger partial charge in [0.05, 0.1) is 11.0 Å². The van der Waals surface area contributed by atoms with E-state index in [2.05, 4.69) is 5.32 Å². The molecule has 0 radical (unpaired) electrons. The van der Waals surface area contributed by atoms with Crippen LogP contribution in [0.4, 0.5) is 13.2 Å². The van der Waals surface area contributed by atoms with E-state index in [0.717, 1.165) is 12.1 Å². The standard InChI is InChI=1S/C13H16F3NO/c1-4-17-11(18)12(2,3)9-5-7-10(8-6-9)13(14,15)16/h5-8H,4H2,1-3H3,(H,17,18). The van der Waals surface area contributed by atoms with Crippen molar-refractivity contribution in [1.29, 1.82) is 0 Å². The van der Waals surface area contributed by atoms with Gasteiger partial charge in [-0.15, -0.1) is 0 Å². The van der Waals surface area contributed by atoms with Gasteiger partial charge in [-0.1, -0.05) is 12.1 Å². The lowest BCUT2D eigenvalue weighted by atomic mass is 9.83. The Balaban J connectivity index is 3.01. The van der Waals surface area contributed by atoms with Crippen LogP contribution in [0.5, 0.6) is 0 Å².